The van der Waals surface area contributed by atoms with Crippen molar-refractivity contribution in [2.24, 2.45) is 0 Å². The van der Waals surface area contributed by atoms with Gasteiger partial charge in [0, 0.05) is 38.4 Å². The molecular weight excluding hydrogens is 308 g/mol. The van der Waals surface area contributed by atoms with E-state index in [0.29, 0.717) is 18.1 Å². The zero-order chi connectivity index (χ0) is 17.3. The van der Waals surface area contributed by atoms with Gasteiger partial charge in [0.2, 0.25) is 5.82 Å². The second-order valence-electron chi connectivity index (χ2n) is 6.18. The third-order valence-electron chi connectivity index (χ3n) is 4.71. The van der Waals surface area contributed by atoms with Gasteiger partial charge in [0.25, 0.3) is 0 Å². The minimum atomic E-state index is -0.303. The molecule has 0 bridgehead atoms. The largest absolute Gasteiger partial charge is 0.349 e. The van der Waals surface area contributed by atoms with Crippen LogP contribution in [0.1, 0.15) is 44.2 Å². The van der Waals surface area contributed by atoms with Gasteiger partial charge in [-0.2, -0.15) is 5.10 Å². The van der Waals surface area contributed by atoms with E-state index in [2.05, 4.69) is 26.5 Å². The number of rotatable bonds is 5. The molecule has 0 saturated carbocycles. The van der Waals surface area contributed by atoms with Gasteiger partial charge in [0.05, 0.1) is 11.0 Å². The van der Waals surface area contributed by atoms with Crippen LogP contribution in [-0.4, -0.2) is 37.3 Å². The van der Waals surface area contributed by atoms with Crippen LogP contribution in [0.2, 0.25) is 0 Å². The van der Waals surface area contributed by atoms with Crippen LogP contribution in [0.3, 0.4) is 0 Å². The van der Waals surface area contributed by atoms with E-state index in [1.54, 1.807) is 11.6 Å². The topological polar surface area (TPSA) is 82.0 Å². The number of hydrogen-bond acceptors (Lipinski definition) is 5. The Kier molecular flexibility index (Phi) is 4.55. The van der Waals surface area contributed by atoms with E-state index in [9.17, 15) is 10.1 Å². The van der Waals surface area contributed by atoms with Gasteiger partial charge in [-0.15, -0.1) is 0 Å². The third kappa shape index (κ3) is 2.76. The van der Waals surface area contributed by atoms with Gasteiger partial charge in [-0.3, -0.25) is 10.1 Å². The summed E-state index contributed by atoms with van der Waals surface area (Å²) in [4.78, 5) is 17.8. The van der Waals surface area contributed by atoms with Gasteiger partial charge in [-0.1, -0.05) is 6.92 Å². The number of hydrogen-bond donors (Lipinski definition) is 0. The zero-order valence-corrected chi connectivity index (χ0v) is 14.5. The molecule has 3 rings (SSSR count). The summed E-state index contributed by atoms with van der Waals surface area (Å²) in [6.45, 7) is 7.95. The van der Waals surface area contributed by atoms with Crippen LogP contribution in [0.15, 0.2) is 12.4 Å². The summed E-state index contributed by atoms with van der Waals surface area (Å²) in [6, 6.07) is 0.288. The first-order valence-electron chi connectivity index (χ1n) is 8.55. The minimum absolute atomic E-state index is 0.138. The van der Waals surface area contributed by atoms with Crippen LogP contribution in [-0.2, 0) is 13.0 Å². The maximum absolute atomic E-state index is 11.5. The van der Waals surface area contributed by atoms with E-state index in [-0.39, 0.29) is 16.7 Å². The molecule has 0 N–H and O–H groups in total. The number of nitro groups is 1. The number of nitrogens with zero attached hydrogens (tertiary/aromatic N) is 6. The summed E-state index contributed by atoms with van der Waals surface area (Å²) in [5, 5.41) is 15.9. The molecule has 0 spiro atoms. The predicted octanol–water partition coefficient (Wildman–Crippen LogP) is 2.72. The van der Waals surface area contributed by atoms with Crippen LogP contribution in [0, 0.1) is 17.0 Å². The van der Waals surface area contributed by atoms with Crippen molar-refractivity contribution in [2.75, 3.05) is 18.0 Å². The van der Waals surface area contributed by atoms with Crippen LogP contribution in [0.4, 0.5) is 11.5 Å². The molecule has 0 radical (unpaired) electrons. The van der Waals surface area contributed by atoms with Crippen molar-refractivity contribution >= 4 is 11.5 Å². The smallest absolute Gasteiger partial charge is 0.333 e. The minimum Gasteiger partial charge on any atom is -0.349 e. The lowest BCUT2D eigenvalue weighted by atomic mass is 10.0. The van der Waals surface area contributed by atoms with Crippen LogP contribution in [0.25, 0.3) is 0 Å². The Morgan fingerprint density at radius 2 is 2.21 bits per heavy atom. The van der Waals surface area contributed by atoms with E-state index in [1.807, 2.05) is 19.3 Å². The third-order valence-corrected chi connectivity index (χ3v) is 4.71. The van der Waals surface area contributed by atoms with E-state index in [4.69, 9.17) is 0 Å². The molecule has 3 heterocycles. The highest BCUT2D eigenvalue weighted by molar-refractivity contribution is 5.61. The molecule has 1 atom stereocenters. The number of aromatic nitrogens is 4. The molecule has 1 fully saturated rings. The van der Waals surface area contributed by atoms with Crippen LogP contribution in [0.5, 0.6) is 0 Å². The van der Waals surface area contributed by atoms with Crippen molar-refractivity contribution in [3.63, 3.8) is 0 Å². The van der Waals surface area contributed by atoms with Crippen LogP contribution < -0.4 is 4.90 Å². The van der Waals surface area contributed by atoms with Crippen molar-refractivity contribution in [3.05, 3.63) is 34.0 Å². The molecule has 24 heavy (non-hydrogen) atoms. The first kappa shape index (κ1) is 16.5. The lowest BCUT2D eigenvalue weighted by Crippen LogP contribution is -2.38. The van der Waals surface area contributed by atoms with Crippen molar-refractivity contribution in [1.29, 1.82) is 0 Å². The van der Waals surface area contributed by atoms with E-state index < -0.39 is 0 Å². The van der Waals surface area contributed by atoms with E-state index >= 15 is 0 Å². The summed E-state index contributed by atoms with van der Waals surface area (Å²) in [6.07, 6.45) is 6.80. The van der Waals surface area contributed by atoms with Gasteiger partial charge >= 0.3 is 5.69 Å². The SMILES string of the molecule is CCc1nccn1[C@H]1CCCN(c2c([N+](=O)[O-])c(C)nn2CC)C1. The van der Waals surface area contributed by atoms with E-state index in [0.717, 1.165) is 38.2 Å². The fourth-order valence-electron chi connectivity index (χ4n) is 3.63. The molecule has 2 aromatic rings. The summed E-state index contributed by atoms with van der Waals surface area (Å²) >= 11 is 0. The lowest BCUT2D eigenvalue weighted by molar-refractivity contribution is -0.384. The molecule has 8 nitrogen and oxygen atoms in total. The molecule has 1 saturated heterocycles. The second kappa shape index (κ2) is 6.62. The first-order valence-corrected chi connectivity index (χ1v) is 8.55. The summed E-state index contributed by atoms with van der Waals surface area (Å²) in [5.74, 6) is 1.71. The quantitative estimate of drug-likeness (QED) is 0.621. The molecule has 0 amide bonds. The Morgan fingerprint density at radius 1 is 1.42 bits per heavy atom. The van der Waals surface area contributed by atoms with Gasteiger partial charge in [0.1, 0.15) is 11.5 Å². The highest BCUT2D eigenvalue weighted by Gasteiger charge is 2.32. The molecule has 130 valence electrons. The Bertz CT molecular complexity index is 735. The predicted molar refractivity (Wildman–Crippen MR) is 91.4 cm³/mol. The van der Waals surface area contributed by atoms with Gasteiger partial charge in [-0.05, 0) is 26.7 Å². The summed E-state index contributed by atoms with van der Waals surface area (Å²) in [5.41, 5.74) is 0.620. The van der Waals surface area contributed by atoms with Crippen molar-refractivity contribution < 1.29 is 4.92 Å². The maximum atomic E-state index is 11.5. The highest BCUT2D eigenvalue weighted by Crippen LogP contribution is 2.35. The molecule has 0 aromatic carbocycles. The zero-order valence-electron chi connectivity index (χ0n) is 14.5. The molecule has 2 aromatic heterocycles. The normalized spacial score (nSPS) is 18.1. The number of anilines is 1. The maximum Gasteiger partial charge on any atom is 0.333 e. The first-order chi connectivity index (χ1) is 11.6. The Labute approximate surface area is 141 Å². The highest BCUT2D eigenvalue weighted by atomic mass is 16.6. The number of imidazole rings is 1. The fourth-order valence-corrected chi connectivity index (χ4v) is 3.63. The van der Waals surface area contributed by atoms with Crippen molar-refractivity contribution in [1.82, 2.24) is 19.3 Å². The number of aryl methyl sites for hydroxylation is 3. The van der Waals surface area contributed by atoms with Crippen LogP contribution >= 0.6 is 0 Å². The monoisotopic (exact) mass is 332 g/mol. The molecule has 1 aliphatic heterocycles. The molecule has 8 heteroatoms. The van der Waals surface area contributed by atoms with Crippen molar-refractivity contribution in [2.45, 2.75) is 52.6 Å². The average Bonchev–Trinajstić information content (AvgIpc) is 3.18. The van der Waals surface area contributed by atoms with Gasteiger partial charge in [0.15, 0.2) is 0 Å². The Hall–Kier alpha value is -2.38. The standard InChI is InChI=1S/C16H24N6O2/c1-4-14-17-8-10-20(14)13-7-6-9-19(11-13)16-15(22(23)24)12(3)18-21(16)5-2/h8,10,13H,4-7,9,11H2,1-3H3/t13-/m0/s1. The average molecular weight is 332 g/mol. The van der Waals surface area contributed by atoms with Crippen molar-refractivity contribution in [3.8, 4) is 0 Å². The molecule has 1 aliphatic rings. The van der Waals surface area contributed by atoms with E-state index in [1.165, 1.54) is 0 Å². The van der Waals surface area contributed by atoms with Gasteiger partial charge in [-0.25, -0.2) is 9.67 Å². The van der Waals surface area contributed by atoms with Gasteiger partial charge < -0.3 is 9.47 Å². The summed E-state index contributed by atoms with van der Waals surface area (Å²) in [7, 11) is 0. The molecular formula is C16H24N6O2. The number of piperidine rings is 1. The molecule has 0 unspecified atom stereocenters. The molecule has 0 aliphatic carbocycles. The fraction of sp³-hybridized carbons (Fsp3) is 0.625. The Balaban J connectivity index is 1.94. The lowest BCUT2D eigenvalue weighted by Gasteiger charge is -2.35. The second-order valence-corrected chi connectivity index (χ2v) is 6.18. The Morgan fingerprint density at radius 3 is 2.88 bits per heavy atom. The summed E-state index contributed by atoms with van der Waals surface area (Å²) < 4.78 is 3.97.